The van der Waals surface area contributed by atoms with Crippen LogP contribution in [0.5, 0.6) is 5.75 Å². The molecule has 0 aliphatic rings. The quantitative estimate of drug-likeness (QED) is 0.505. The molecule has 0 saturated heterocycles. The van der Waals surface area contributed by atoms with Crippen LogP contribution < -0.4 is 5.73 Å². The zero-order chi connectivity index (χ0) is 9.30. The zero-order valence-corrected chi connectivity index (χ0v) is 6.51. The maximum absolute atomic E-state index is 12.2. The van der Waals surface area contributed by atoms with E-state index in [0.717, 1.165) is 0 Å². The second kappa shape index (κ2) is 2.97. The number of phenols is 1. The van der Waals surface area contributed by atoms with Gasteiger partial charge in [-0.25, -0.2) is 8.78 Å². The number of aromatic hydroxyl groups is 1. The van der Waals surface area contributed by atoms with Gasteiger partial charge in [0.2, 0.25) is 0 Å². The molecular formula is C8H9F2NO. The summed E-state index contributed by atoms with van der Waals surface area (Å²) in [7, 11) is 0. The molecule has 0 aliphatic heterocycles. The van der Waals surface area contributed by atoms with Crippen molar-refractivity contribution in [2.24, 2.45) is 0 Å². The predicted molar refractivity (Wildman–Crippen MR) is 42.2 cm³/mol. The maximum Gasteiger partial charge on any atom is 0.267 e. The summed E-state index contributed by atoms with van der Waals surface area (Å²) in [6.07, 6.45) is -2.69. The number of nitrogens with two attached hydrogens (primary N) is 1. The highest BCUT2D eigenvalue weighted by Gasteiger charge is 2.14. The number of benzene rings is 1. The molecule has 0 atom stereocenters. The molecule has 4 heteroatoms. The van der Waals surface area contributed by atoms with E-state index in [1.54, 1.807) is 6.92 Å². The van der Waals surface area contributed by atoms with Crippen molar-refractivity contribution in [3.05, 3.63) is 23.3 Å². The number of rotatable bonds is 1. The van der Waals surface area contributed by atoms with Crippen molar-refractivity contribution >= 4 is 5.69 Å². The molecule has 0 radical (unpaired) electrons. The number of alkyl halides is 2. The first-order valence-electron chi connectivity index (χ1n) is 3.39. The third-order valence-corrected chi connectivity index (χ3v) is 1.55. The van der Waals surface area contributed by atoms with Gasteiger partial charge in [0, 0.05) is 0 Å². The number of aryl methyl sites for hydroxylation is 1. The van der Waals surface area contributed by atoms with Crippen LogP contribution in [0.15, 0.2) is 12.1 Å². The first-order valence-corrected chi connectivity index (χ1v) is 3.39. The molecule has 12 heavy (non-hydrogen) atoms. The number of anilines is 1. The Morgan fingerprint density at radius 1 is 1.42 bits per heavy atom. The maximum atomic E-state index is 12.2. The summed E-state index contributed by atoms with van der Waals surface area (Å²) in [5.74, 6) is -0.518. The lowest BCUT2D eigenvalue weighted by Crippen LogP contribution is -1.93. The average Bonchev–Trinajstić information content (AvgIpc) is 1.96. The Kier molecular flexibility index (Phi) is 2.17. The van der Waals surface area contributed by atoms with Crippen molar-refractivity contribution in [1.29, 1.82) is 0 Å². The largest absolute Gasteiger partial charge is 0.505 e. The molecule has 0 bridgehead atoms. The van der Waals surface area contributed by atoms with Crippen LogP contribution in [0.2, 0.25) is 0 Å². The highest BCUT2D eigenvalue weighted by Crippen LogP contribution is 2.33. The Morgan fingerprint density at radius 3 is 2.50 bits per heavy atom. The lowest BCUT2D eigenvalue weighted by atomic mass is 10.1. The van der Waals surface area contributed by atoms with Crippen molar-refractivity contribution in [3.8, 4) is 5.75 Å². The summed E-state index contributed by atoms with van der Waals surface area (Å²) < 4.78 is 24.3. The zero-order valence-electron chi connectivity index (χ0n) is 6.51. The van der Waals surface area contributed by atoms with Crippen LogP contribution in [0.4, 0.5) is 14.5 Å². The van der Waals surface area contributed by atoms with Crippen molar-refractivity contribution in [1.82, 2.24) is 0 Å². The Morgan fingerprint density at radius 2 is 2.00 bits per heavy atom. The van der Waals surface area contributed by atoms with Crippen LogP contribution in [-0.4, -0.2) is 5.11 Å². The number of phenolic OH excluding ortho intramolecular Hbond substituents is 1. The molecule has 0 aliphatic carbocycles. The van der Waals surface area contributed by atoms with Gasteiger partial charge in [0.15, 0.2) is 0 Å². The van der Waals surface area contributed by atoms with Crippen molar-refractivity contribution in [3.63, 3.8) is 0 Å². The van der Waals surface area contributed by atoms with E-state index in [1.165, 1.54) is 12.1 Å². The van der Waals surface area contributed by atoms with Gasteiger partial charge in [-0.1, -0.05) is 0 Å². The van der Waals surface area contributed by atoms with Gasteiger partial charge in [0.05, 0.1) is 11.3 Å². The van der Waals surface area contributed by atoms with Crippen LogP contribution in [0, 0.1) is 6.92 Å². The fourth-order valence-electron chi connectivity index (χ4n) is 1.00. The van der Waals surface area contributed by atoms with Gasteiger partial charge >= 0.3 is 0 Å². The number of nitrogen functional groups attached to an aromatic ring is 1. The molecule has 1 aromatic rings. The highest BCUT2D eigenvalue weighted by molar-refractivity contribution is 5.58. The van der Waals surface area contributed by atoms with E-state index in [2.05, 4.69) is 0 Å². The molecule has 0 saturated carbocycles. The molecule has 0 aromatic heterocycles. The molecule has 0 spiro atoms. The van der Waals surface area contributed by atoms with Crippen LogP contribution in [0.1, 0.15) is 17.6 Å². The Balaban J connectivity index is 3.28. The number of hydrogen-bond donors (Lipinski definition) is 2. The van der Waals surface area contributed by atoms with Gasteiger partial charge in [-0.15, -0.1) is 0 Å². The predicted octanol–water partition coefficient (Wildman–Crippen LogP) is 2.22. The Labute approximate surface area is 68.6 Å². The average molecular weight is 173 g/mol. The van der Waals surface area contributed by atoms with E-state index in [9.17, 15) is 8.78 Å². The smallest absolute Gasteiger partial charge is 0.267 e. The van der Waals surface area contributed by atoms with Gasteiger partial charge in [-0.2, -0.15) is 0 Å². The van der Waals surface area contributed by atoms with E-state index < -0.39 is 17.7 Å². The molecule has 0 amide bonds. The van der Waals surface area contributed by atoms with Crippen LogP contribution in [-0.2, 0) is 0 Å². The minimum Gasteiger partial charge on any atom is -0.505 e. The summed E-state index contributed by atoms with van der Waals surface area (Å²) >= 11 is 0. The number of hydrogen-bond acceptors (Lipinski definition) is 2. The van der Waals surface area contributed by atoms with Crippen molar-refractivity contribution < 1.29 is 13.9 Å². The Hall–Kier alpha value is -1.32. The third-order valence-electron chi connectivity index (χ3n) is 1.55. The fraction of sp³-hybridized carbons (Fsp3) is 0.250. The minimum atomic E-state index is -2.69. The normalized spacial score (nSPS) is 10.7. The van der Waals surface area contributed by atoms with E-state index in [4.69, 9.17) is 10.8 Å². The second-order valence-electron chi connectivity index (χ2n) is 2.59. The lowest BCUT2D eigenvalue weighted by Gasteiger charge is -2.06. The van der Waals surface area contributed by atoms with Gasteiger partial charge in [0.1, 0.15) is 5.75 Å². The highest BCUT2D eigenvalue weighted by atomic mass is 19.3. The minimum absolute atomic E-state index is 0.00898. The molecule has 2 nitrogen and oxygen atoms in total. The van der Waals surface area contributed by atoms with Gasteiger partial charge in [-0.05, 0) is 24.6 Å². The van der Waals surface area contributed by atoms with Crippen LogP contribution in [0.3, 0.4) is 0 Å². The van der Waals surface area contributed by atoms with E-state index in [-0.39, 0.29) is 5.69 Å². The fourth-order valence-corrected chi connectivity index (χ4v) is 1.00. The Bertz CT molecular complexity index is 299. The van der Waals surface area contributed by atoms with Gasteiger partial charge in [-0.3, -0.25) is 0 Å². The van der Waals surface area contributed by atoms with E-state index in [0.29, 0.717) is 5.56 Å². The van der Waals surface area contributed by atoms with E-state index in [1.807, 2.05) is 0 Å². The summed E-state index contributed by atoms with van der Waals surface area (Å²) in [5, 5.41) is 9.09. The summed E-state index contributed by atoms with van der Waals surface area (Å²) in [5.41, 5.74) is 5.47. The van der Waals surface area contributed by atoms with Crippen molar-refractivity contribution in [2.75, 3.05) is 5.73 Å². The lowest BCUT2D eigenvalue weighted by molar-refractivity contribution is 0.147. The first-order chi connectivity index (χ1) is 5.52. The van der Waals surface area contributed by atoms with Gasteiger partial charge in [0.25, 0.3) is 6.43 Å². The van der Waals surface area contributed by atoms with Gasteiger partial charge < -0.3 is 10.8 Å². The molecule has 1 rings (SSSR count). The SMILES string of the molecule is Cc1cc(N)c(O)c(C(F)F)c1. The van der Waals surface area contributed by atoms with Crippen molar-refractivity contribution in [2.45, 2.75) is 13.3 Å². The van der Waals surface area contributed by atoms with Crippen LogP contribution >= 0.6 is 0 Å². The summed E-state index contributed by atoms with van der Waals surface area (Å²) in [6.45, 7) is 1.64. The molecule has 3 N–H and O–H groups in total. The summed E-state index contributed by atoms with van der Waals surface area (Å²) in [4.78, 5) is 0. The first kappa shape index (κ1) is 8.77. The van der Waals surface area contributed by atoms with E-state index >= 15 is 0 Å². The molecule has 66 valence electrons. The topological polar surface area (TPSA) is 46.2 Å². The second-order valence-corrected chi connectivity index (χ2v) is 2.59. The van der Waals surface area contributed by atoms with Crippen LogP contribution in [0.25, 0.3) is 0 Å². The number of halogens is 2. The molecular weight excluding hydrogens is 164 g/mol. The standard InChI is InChI=1S/C8H9F2NO/c1-4-2-5(8(9)10)7(12)6(11)3-4/h2-3,8,12H,11H2,1H3. The summed E-state index contributed by atoms with van der Waals surface area (Å²) in [6, 6.07) is 2.66. The third kappa shape index (κ3) is 1.47. The molecule has 0 fully saturated rings. The monoisotopic (exact) mass is 173 g/mol. The molecule has 0 heterocycles. The molecule has 0 unspecified atom stereocenters. The molecule has 1 aromatic carbocycles.